The smallest absolute Gasteiger partial charge is 0.213 e. The molecule has 1 aliphatic carbocycles. The summed E-state index contributed by atoms with van der Waals surface area (Å²) >= 11 is 2.39. The lowest BCUT2D eigenvalue weighted by Crippen LogP contribution is -2.22. The summed E-state index contributed by atoms with van der Waals surface area (Å²) in [4.78, 5) is 36.7. The maximum absolute atomic E-state index is 13.5. The number of carbonyl (C=O) groups excluding carboxylic acids is 2. The third kappa shape index (κ3) is 4.16. The van der Waals surface area contributed by atoms with Crippen LogP contribution in [0, 0.1) is 0 Å². The van der Waals surface area contributed by atoms with Gasteiger partial charge in [-0.2, -0.15) is 0 Å². The average molecular weight is 495 g/mol. The highest BCUT2D eigenvalue weighted by molar-refractivity contribution is 7.99. The molecule has 1 aliphatic rings. The fourth-order valence-electron chi connectivity index (χ4n) is 3.61. The number of rotatable bonds is 8. The van der Waals surface area contributed by atoms with Crippen LogP contribution in [0.3, 0.4) is 0 Å². The molecule has 2 N–H and O–H groups in total. The summed E-state index contributed by atoms with van der Waals surface area (Å²) < 4.78 is 3.03. The monoisotopic (exact) mass is 494 g/mol. The predicted octanol–water partition coefficient (Wildman–Crippen LogP) is 1.93. The van der Waals surface area contributed by atoms with Crippen molar-refractivity contribution in [1.29, 1.82) is 0 Å². The largest absolute Gasteiger partial charge is 0.394 e. The van der Waals surface area contributed by atoms with Crippen LogP contribution in [0.4, 0.5) is 0 Å². The standard InChI is InChI=1S/C22H18N6O4S2/c29-9-7-27-11-23-21(25-27)33-15-5-1-3-13-17(15)20(32)14-4-2-6-16(18(14)19(13)31)34-22-24-12-28(26-22)8-10-30/h1-6,11-12,29-30H,7-10H2. The molecule has 0 saturated heterocycles. The van der Waals surface area contributed by atoms with Crippen LogP contribution in [0.25, 0.3) is 0 Å². The maximum Gasteiger partial charge on any atom is 0.213 e. The van der Waals surface area contributed by atoms with Crippen LogP contribution in [-0.4, -0.2) is 64.5 Å². The molecule has 172 valence electrons. The van der Waals surface area contributed by atoms with E-state index in [0.29, 0.717) is 55.4 Å². The second kappa shape index (κ2) is 9.50. The number of carbonyl (C=O) groups is 2. The van der Waals surface area contributed by atoms with Crippen LogP contribution in [0.5, 0.6) is 0 Å². The lowest BCUT2D eigenvalue weighted by Gasteiger charge is -2.21. The molecule has 0 amide bonds. The van der Waals surface area contributed by atoms with Crippen LogP contribution in [-0.2, 0) is 13.1 Å². The topological polar surface area (TPSA) is 136 Å². The molecule has 0 fully saturated rings. The number of ketones is 2. The zero-order valence-corrected chi connectivity index (χ0v) is 19.3. The molecule has 2 aromatic carbocycles. The minimum atomic E-state index is -0.247. The minimum Gasteiger partial charge on any atom is -0.394 e. The Bertz CT molecular complexity index is 1290. The Morgan fingerprint density at radius 1 is 0.706 bits per heavy atom. The van der Waals surface area contributed by atoms with Gasteiger partial charge in [0, 0.05) is 32.0 Å². The number of hydrogen-bond donors (Lipinski definition) is 2. The highest BCUT2D eigenvalue weighted by atomic mass is 32.2. The van der Waals surface area contributed by atoms with E-state index >= 15 is 0 Å². The lowest BCUT2D eigenvalue weighted by atomic mass is 9.84. The molecule has 2 aromatic heterocycles. The van der Waals surface area contributed by atoms with E-state index in [-0.39, 0.29) is 24.8 Å². The first-order chi connectivity index (χ1) is 16.6. The zero-order valence-electron chi connectivity index (χ0n) is 17.7. The van der Waals surface area contributed by atoms with E-state index in [1.165, 1.54) is 45.5 Å². The van der Waals surface area contributed by atoms with Crippen LogP contribution >= 0.6 is 23.5 Å². The van der Waals surface area contributed by atoms with Crippen molar-refractivity contribution in [3.8, 4) is 0 Å². The maximum atomic E-state index is 13.5. The van der Waals surface area contributed by atoms with Crippen molar-refractivity contribution >= 4 is 35.1 Å². The van der Waals surface area contributed by atoms with E-state index in [0.717, 1.165) is 0 Å². The molecule has 0 bridgehead atoms. The SMILES string of the molecule is O=C1c2cccc(Sc3ncn(CCO)n3)c2C(=O)c2cccc(Sc3ncn(CCO)n3)c21. The Hall–Kier alpha value is -3.32. The summed E-state index contributed by atoms with van der Waals surface area (Å²) in [7, 11) is 0. The third-order valence-electron chi connectivity index (χ3n) is 5.09. The summed E-state index contributed by atoms with van der Waals surface area (Å²) in [5.41, 5.74) is 1.31. The first-order valence-electron chi connectivity index (χ1n) is 10.3. The van der Waals surface area contributed by atoms with Gasteiger partial charge < -0.3 is 10.2 Å². The molecule has 12 heteroatoms. The van der Waals surface area contributed by atoms with Gasteiger partial charge in [0.05, 0.1) is 26.3 Å². The molecule has 10 nitrogen and oxygen atoms in total. The zero-order chi connectivity index (χ0) is 23.7. The molecule has 5 rings (SSSR count). The van der Waals surface area contributed by atoms with Gasteiger partial charge in [-0.15, -0.1) is 10.2 Å². The molecule has 0 aliphatic heterocycles. The van der Waals surface area contributed by atoms with Crippen molar-refractivity contribution in [3.63, 3.8) is 0 Å². The van der Waals surface area contributed by atoms with Crippen molar-refractivity contribution < 1.29 is 19.8 Å². The Kier molecular flexibility index (Phi) is 6.28. The van der Waals surface area contributed by atoms with Crippen LogP contribution in [0.15, 0.2) is 69.2 Å². The normalized spacial score (nSPS) is 12.6. The molecule has 0 radical (unpaired) electrons. The van der Waals surface area contributed by atoms with Gasteiger partial charge in [-0.1, -0.05) is 24.3 Å². The van der Waals surface area contributed by atoms with Gasteiger partial charge in [-0.25, -0.2) is 19.3 Å². The van der Waals surface area contributed by atoms with E-state index < -0.39 is 0 Å². The number of nitrogens with zero attached hydrogens (tertiary/aromatic N) is 6. The molecule has 0 unspecified atom stereocenters. The van der Waals surface area contributed by atoms with Gasteiger partial charge in [0.1, 0.15) is 12.7 Å². The summed E-state index contributed by atoms with van der Waals surface area (Å²) in [6.45, 7) is 0.516. The van der Waals surface area contributed by atoms with Gasteiger partial charge in [-0.3, -0.25) is 9.59 Å². The van der Waals surface area contributed by atoms with E-state index in [1.54, 1.807) is 36.4 Å². The predicted molar refractivity (Wildman–Crippen MR) is 122 cm³/mol. The van der Waals surface area contributed by atoms with Crippen molar-refractivity contribution in [2.75, 3.05) is 13.2 Å². The van der Waals surface area contributed by atoms with Crippen molar-refractivity contribution in [3.05, 3.63) is 71.3 Å². The number of benzene rings is 2. The van der Waals surface area contributed by atoms with Crippen LogP contribution < -0.4 is 0 Å². The first kappa shape index (κ1) is 22.5. The summed E-state index contributed by atoms with van der Waals surface area (Å²) in [5, 5.41) is 27.6. The van der Waals surface area contributed by atoms with E-state index in [9.17, 15) is 9.59 Å². The summed E-state index contributed by atoms with van der Waals surface area (Å²) in [6.07, 6.45) is 3.02. The summed E-state index contributed by atoms with van der Waals surface area (Å²) in [5.74, 6) is -0.493. The Morgan fingerprint density at radius 2 is 1.15 bits per heavy atom. The van der Waals surface area contributed by atoms with Gasteiger partial charge in [-0.05, 0) is 35.7 Å². The van der Waals surface area contributed by atoms with Crippen molar-refractivity contribution in [2.45, 2.75) is 33.2 Å². The van der Waals surface area contributed by atoms with Crippen molar-refractivity contribution in [2.24, 2.45) is 0 Å². The fraction of sp³-hybridized carbons (Fsp3) is 0.182. The Balaban J connectivity index is 1.50. The third-order valence-corrected chi connectivity index (χ3v) is 6.95. The van der Waals surface area contributed by atoms with Gasteiger partial charge in [0.2, 0.25) is 10.3 Å². The van der Waals surface area contributed by atoms with E-state index in [1.807, 2.05) is 0 Å². The quantitative estimate of drug-likeness (QED) is 0.329. The highest BCUT2D eigenvalue weighted by Gasteiger charge is 2.34. The van der Waals surface area contributed by atoms with Gasteiger partial charge in [0.15, 0.2) is 11.6 Å². The summed E-state index contributed by atoms with van der Waals surface area (Å²) in [6, 6.07) is 10.3. The average Bonchev–Trinajstić information content (AvgIpc) is 3.47. The number of hydrogen-bond acceptors (Lipinski definition) is 10. The fourth-order valence-corrected chi connectivity index (χ4v) is 5.40. The highest BCUT2D eigenvalue weighted by Crippen LogP contribution is 2.40. The lowest BCUT2D eigenvalue weighted by molar-refractivity contribution is 0.0974. The molecular weight excluding hydrogens is 476 g/mol. The molecule has 0 atom stereocenters. The van der Waals surface area contributed by atoms with Crippen LogP contribution in [0.2, 0.25) is 0 Å². The second-order valence-corrected chi connectivity index (χ2v) is 9.27. The van der Waals surface area contributed by atoms with Gasteiger partial charge in [0.25, 0.3) is 0 Å². The Labute approximate surface area is 202 Å². The molecule has 34 heavy (non-hydrogen) atoms. The number of fused-ring (bicyclic) bond motifs is 2. The molecule has 0 spiro atoms. The first-order valence-corrected chi connectivity index (χ1v) is 11.9. The minimum absolute atomic E-state index is 0.0600. The van der Waals surface area contributed by atoms with Crippen molar-refractivity contribution in [1.82, 2.24) is 29.5 Å². The molecule has 4 aromatic rings. The van der Waals surface area contributed by atoms with E-state index in [4.69, 9.17) is 10.2 Å². The van der Waals surface area contributed by atoms with Gasteiger partial charge >= 0.3 is 0 Å². The van der Waals surface area contributed by atoms with E-state index in [2.05, 4.69) is 20.2 Å². The van der Waals surface area contributed by atoms with Crippen LogP contribution in [0.1, 0.15) is 31.8 Å². The number of aliphatic hydroxyl groups is 2. The number of aliphatic hydroxyl groups excluding tert-OH is 2. The Morgan fingerprint density at radius 3 is 1.56 bits per heavy atom. The number of aromatic nitrogens is 6. The second-order valence-electron chi connectivity index (χ2n) is 7.25. The molecule has 2 heterocycles. The molecule has 0 saturated carbocycles. The molecular formula is C22H18N6O4S2.